The highest BCUT2D eigenvalue weighted by atomic mass is 31.1. The second kappa shape index (κ2) is 6.85. The quantitative estimate of drug-likeness (QED) is 0.545. The van der Waals surface area contributed by atoms with Crippen LogP contribution in [0.15, 0.2) is 11.4 Å². The van der Waals surface area contributed by atoms with Crippen molar-refractivity contribution in [1.29, 1.82) is 0 Å². The molecule has 0 aliphatic rings. The molecule has 0 radical (unpaired) electrons. The molecule has 0 amide bonds. The third kappa shape index (κ3) is 3.91. The molecule has 0 heterocycles. The van der Waals surface area contributed by atoms with E-state index in [0.717, 1.165) is 0 Å². The average molecular weight is 172 g/mol. The average Bonchev–Trinajstić information content (AvgIpc) is 2.05. The highest BCUT2D eigenvalue weighted by Gasteiger charge is 2.05. The Bertz CT molecular complexity index is 112. The van der Waals surface area contributed by atoms with Gasteiger partial charge in [-0.3, -0.25) is 0 Å². The minimum atomic E-state index is 0.235. The molecule has 0 bridgehead atoms. The van der Waals surface area contributed by atoms with Gasteiger partial charge < -0.3 is 0 Å². The van der Waals surface area contributed by atoms with Crippen LogP contribution in [-0.4, -0.2) is 12.3 Å². The van der Waals surface area contributed by atoms with Gasteiger partial charge in [0.15, 0.2) is 0 Å². The molecule has 0 saturated carbocycles. The van der Waals surface area contributed by atoms with Crippen LogP contribution in [-0.2, 0) is 0 Å². The maximum atomic E-state index is 2.43. The second-order valence-corrected chi connectivity index (χ2v) is 5.55. The molecule has 0 aromatic heterocycles. The van der Waals surface area contributed by atoms with E-state index in [2.05, 4.69) is 33.8 Å². The molecule has 0 unspecified atom stereocenters. The lowest BCUT2D eigenvalue weighted by molar-refractivity contribution is 1.12. The van der Waals surface area contributed by atoms with Gasteiger partial charge in [-0.15, -0.1) is 0 Å². The summed E-state index contributed by atoms with van der Waals surface area (Å²) in [5.74, 6) is 0. The maximum Gasteiger partial charge on any atom is -0.0306 e. The van der Waals surface area contributed by atoms with Crippen molar-refractivity contribution in [1.82, 2.24) is 0 Å². The summed E-state index contributed by atoms with van der Waals surface area (Å²) in [5, 5.41) is 1.73. The van der Waals surface area contributed by atoms with Crippen molar-refractivity contribution in [2.24, 2.45) is 0 Å². The van der Waals surface area contributed by atoms with Crippen molar-refractivity contribution in [2.45, 2.75) is 40.5 Å². The summed E-state index contributed by atoms with van der Waals surface area (Å²) in [4.78, 5) is 0. The van der Waals surface area contributed by atoms with Crippen LogP contribution in [0.3, 0.4) is 0 Å². The third-order valence-corrected chi connectivity index (χ3v) is 4.81. The van der Waals surface area contributed by atoms with E-state index in [1.165, 1.54) is 25.2 Å². The molecular formula is C10H21P. The van der Waals surface area contributed by atoms with E-state index < -0.39 is 0 Å². The van der Waals surface area contributed by atoms with Crippen LogP contribution < -0.4 is 0 Å². The summed E-state index contributed by atoms with van der Waals surface area (Å²) < 4.78 is 0. The van der Waals surface area contributed by atoms with Gasteiger partial charge in [0.2, 0.25) is 0 Å². The van der Waals surface area contributed by atoms with Gasteiger partial charge in [0.1, 0.15) is 0 Å². The van der Waals surface area contributed by atoms with Gasteiger partial charge in [0.25, 0.3) is 0 Å². The molecule has 0 aliphatic carbocycles. The van der Waals surface area contributed by atoms with Gasteiger partial charge in [-0.25, -0.2) is 0 Å². The third-order valence-electron chi connectivity index (χ3n) is 1.97. The molecule has 0 aromatic carbocycles. The molecule has 0 atom stereocenters. The number of rotatable bonds is 5. The Morgan fingerprint density at radius 3 is 1.91 bits per heavy atom. The molecule has 0 spiro atoms. The first-order chi connectivity index (χ1) is 5.29. The van der Waals surface area contributed by atoms with Crippen molar-refractivity contribution >= 4 is 7.92 Å². The summed E-state index contributed by atoms with van der Waals surface area (Å²) >= 11 is 0. The lowest BCUT2D eigenvalue weighted by Crippen LogP contribution is -1.86. The van der Waals surface area contributed by atoms with Crippen LogP contribution in [0.25, 0.3) is 0 Å². The number of allylic oxidation sites excluding steroid dienone is 2. The SMILES string of the molecule is CC/C=C(\CC)P(CC)CC. The Labute approximate surface area is 72.8 Å². The number of hydrogen-bond acceptors (Lipinski definition) is 0. The molecule has 0 N–H and O–H groups in total. The Morgan fingerprint density at radius 2 is 1.64 bits per heavy atom. The minimum absolute atomic E-state index is 0.235. The van der Waals surface area contributed by atoms with Crippen LogP contribution in [0.2, 0.25) is 0 Å². The largest absolute Gasteiger partial charge is 0.0811 e. The van der Waals surface area contributed by atoms with Crippen LogP contribution in [0.4, 0.5) is 0 Å². The minimum Gasteiger partial charge on any atom is -0.0811 e. The van der Waals surface area contributed by atoms with Crippen molar-refractivity contribution in [3.8, 4) is 0 Å². The van der Waals surface area contributed by atoms with Crippen LogP contribution in [0.5, 0.6) is 0 Å². The molecule has 0 rings (SSSR count). The summed E-state index contributed by atoms with van der Waals surface area (Å²) in [6, 6.07) is 0. The van der Waals surface area contributed by atoms with Gasteiger partial charge in [-0.05, 0) is 25.2 Å². The van der Waals surface area contributed by atoms with Crippen molar-refractivity contribution in [3.05, 3.63) is 11.4 Å². The maximum absolute atomic E-state index is 2.43. The predicted molar refractivity (Wildman–Crippen MR) is 56.7 cm³/mol. The summed E-state index contributed by atoms with van der Waals surface area (Å²) in [7, 11) is 0.235. The first-order valence-electron chi connectivity index (χ1n) is 4.73. The first-order valence-corrected chi connectivity index (χ1v) is 6.45. The molecule has 1 heteroatoms. The van der Waals surface area contributed by atoms with E-state index in [0.29, 0.717) is 0 Å². The lowest BCUT2D eigenvalue weighted by Gasteiger charge is -2.16. The zero-order valence-corrected chi connectivity index (χ0v) is 9.25. The highest BCUT2D eigenvalue weighted by molar-refractivity contribution is 7.61. The Balaban J connectivity index is 4.09. The zero-order chi connectivity index (χ0) is 8.69. The number of hydrogen-bond donors (Lipinski definition) is 0. The molecule has 11 heavy (non-hydrogen) atoms. The van der Waals surface area contributed by atoms with Gasteiger partial charge in [0.05, 0.1) is 0 Å². The second-order valence-electron chi connectivity index (χ2n) is 2.63. The molecule has 66 valence electrons. The van der Waals surface area contributed by atoms with E-state index in [1.54, 1.807) is 5.31 Å². The van der Waals surface area contributed by atoms with Crippen molar-refractivity contribution in [3.63, 3.8) is 0 Å². The van der Waals surface area contributed by atoms with E-state index >= 15 is 0 Å². The molecule has 0 aromatic rings. The van der Waals surface area contributed by atoms with Crippen LogP contribution >= 0.6 is 7.92 Å². The fourth-order valence-electron chi connectivity index (χ4n) is 1.36. The predicted octanol–water partition coefficient (Wildman–Crippen LogP) is 4.21. The Kier molecular flexibility index (Phi) is 6.96. The van der Waals surface area contributed by atoms with E-state index in [-0.39, 0.29) is 7.92 Å². The van der Waals surface area contributed by atoms with Gasteiger partial charge >= 0.3 is 0 Å². The first kappa shape index (κ1) is 11.2. The van der Waals surface area contributed by atoms with Gasteiger partial charge in [0, 0.05) is 0 Å². The molecule has 0 fully saturated rings. The van der Waals surface area contributed by atoms with Crippen LogP contribution in [0, 0.1) is 0 Å². The molecular weight excluding hydrogens is 151 g/mol. The molecule has 0 saturated heterocycles. The summed E-state index contributed by atoms with van der Waals surface area (Å²) in [5.41, 5.74) is 0. The summed E-state index contributed by atoms with van der Waals surface area (Å²) in [6.45, 7) is 9.14. The topological polar surface area (TPSA) is 0 Å². The lowest BCUT2D eigenvalue weighted by atomic mass is 10.3. The van der Waals surface area contributed by atoms with Gasteiger partial charge in [-0.2, -0.15) is 0 Å². The fourth-order valence-corrected chi connectivity index (χ4v) is 3.51. The normalized spacial score (nSPS) is 12.6. The fraction of sp³-hybridized carbons (Fsp3) is 0.800. The smallest absolute Gasteiger partial charge is 0.0306 e. The van der Waals surface area contributed by atoms with E-state index in [1.807, 2.05) is 0 Å². The summed E-state index contributed by atoms with van der Waals surface area (Å²) in [6.07, 6.45) is 7.64. The van der Waals surface area contributed by atoms with E-state index in [4.69, 9.17) is 0 Å². The molecule has 0 nitrogen and oxygen atoms in total. The zero-order valence-electron chi connectivity index (χ0n) is 8.35. The Morgan fingerprint density at radius 1 is 1.09 bits per heavy atom. The van der Waals surface area contributed by atoms with E-state index in [9.17, 15) is 0 Å². The van der Waals surface area contributed by atoms with Crippen molar-refractivity contribution < 1.29 is 0 Å². The molecule has 0 aliphatic heterocycles. The van der Waals surface area contributed by atoms with Gasteiger partial charge in [-0.1, -0.05) is 47.0 Å². The Hall–Kier alpha value is 0.170. The van der Waals surface area contributed by atoms with Crippen LogP contribution in [0.1, 0.15) is 40.5 Å². The standard InChI is InChI=1S/C10H21P/c1-5-9-10(6-2)11(7-3)8-4/h9H,5-8H2,1-4H3/b10-9+. The monoisotopic (exact) mass is 172 g/mol. The highest BCUT2D eigenvalue weighted by Crippen LogP contribution is 2.45. The van der Waals surface area contributed by atoms with Crippen molar-refractivity contribution in [2.75, 3.05) is 12.3 Å².